The predicted molar refractivity (Wildman–Crippen MR) is 223 cm³/mol. The van der Waals surface area contributed by atoms with Crippen molar-refractivity contribution >= 4 is 65.0 Å². The van der Waals surface area contributed by atoms with Gasteiger partial charge >= 0.3 is 0 Å². The number of rotatable bonds is 4. The second-order valence-electron chi connectivity index (χ2n) is 13.7. The molecule has 0 spiro atoms. The standard InChI is InChI=1S/C50H31N3/c1-2-13-32(14-3-1)35-15-12-16-36(31-35)33-25-27-34(28-26-33)49-42-21-8-10-23-44(42)51-50(52-49)53-45-24-11-9-22-43(45)48-46(53)30-29-41-39-19-5-4-17-37(39)38-18-6-7-20-40(38)47(41)48/h1-31H. The molecule has 0 unspecified atom stereocenters. The van der Waals surface area contributed by atoms with E-state index < -0.39 is 0 Å². The van der Waals surface area contributed by atoms with Crippen molar-refractivity contribution in [1.29, 1.82) is 0 Å². The van der Waals surface area contributed by atoms with Crippen LogP contribution in [-0.2, 0) is 0 Å². The molecule has 0 atom stereocenters. The number of aromatic nitrogens is 3. The van der Waals surface area contributed by atoms with Crippen LogP contribution < -0.4 is 0 Å². The second-order valence-corrected chi connectivity index (χ2v) is 13.7. The highest BCUT2D eigenvalue weighted by Gasteiger charge is 2.21. The molecule has 0 bridgehead atoms. The van der Waals surface area contributed by atoms with Gasteiger partial charge in [-0.25, -0.2) is 9.97 Å². The molecule has 0 aliphatic heterocycles. The summed E-state index contributed by atoms with van der Waals surface area (Å²) in [6, 6.07) is 67.2. The van der Waals surface area contributed by atoms with E-state index in [4.69, 9.17) is 9.97 Å². The molecule has 2 aromatic heterocycles. The first-order valence-corrected chi connectivity index (χ1v) is 18.1. The van der Waals surface area contributed by atoms with Gasteiger partial charge in [0, 0.05) is 27.1 Å². The minimum Gasteiger partial charge on any atom is -0.278 e. The number of hydrogen-bond donors (Lipinski definition) is 0. The van der Waals surface area contributed by atoms with Crippen LogP contribution in [0.15, 0.2) is 188 Å². The zero-order valence-corrected chi connectivity index (χ0v) is 28.7. The van der Waals surface area contributed by atoms with Crippen LogP contribution >= 0.6 is 0 Å². The SMILES string of the molecule is c1ccc(-c2cccc(-c3ccc(-c4nc(-n5c6ccccc6c6c7c8ccccc8c8ccccc8c7ccc65)nc5ccccc45)cc3)c2)cc1. The van der Waals surface area contributed by atoms with E-state index in [2.05, 4.69) is 193 Å². The summed E-state index contributed by atoms with van der Waals surface area (Å²) < 4.78 is 2.26. The molecule has 53 heavy (non-hydrogen) atoms. The van der Waals surface area contributed by atoms with E-state index in [0.29, 0.717) is 5.95 Å². The molecule has 0 saturated heterocycles. The fraction of sp³-hybridized carbons (Fsp3) is 0. The summed E-state index contributed by atoms with van der Waals surface area (Å²) in [7, 11) is 0. The molecule has 2 heterocycles. The summed E-state index contributed by atoms with van der Waals surface area (Å²) in [4.78, 5) is 10.7. The monoisotopic (exact) mass is 673 g/mol. The summed E-state index contributed by atoms with van der Waals surface area (Å²) >= 11 is 0. The van der Waals surface area contributed by atoms with Gasteiger partial charge in [0.1, 0.15) is 0 Å². The number of fused-ring (bicyclic) bond motifs is 11. The Morgan fingerprint density at radius 2 is 0.830 bits per heavy atom. The van der Waals surface area contributed by atoms with Crippen LogP contribution in [0.3, 0.4) is 0 Å². The van der Waals surface area contributed by atoms with Gasteiger partial charge in [0.2, 0.25) is 5.95 Å². The van der Waals surface area contributed by atoms with Crippen LogP contribution in [0, 0.1) is 0 Å². The molecule has 0 N–H and O–H groups in total. The van der Waals surface area contributed by atoms with Gasteiger partial charge in [-0.1, -0.05) is 164 Å². The van der Waals surface area contributed by atoms with E-state index in [1.165, 1.54) is 65.3 Å². The average Bonchev–Trinajstić information content (AvgIpc) is 3.58. The highest BCUT2D eigenvalue weighted by molar-refractivity contribution is 6.35. The Morgan fingerprint density at radius 3 is 1.57 bits per heavy atom. The molecule has 0 fully saturated rings. The van der Waals surface area contributed by atoms with Gasteiger partial charge in [0.15, 0.2) is 0 Å². The van der Waals surface area contributed by atoms with Crippen LogP contribution in [0.25, 0.3) is 104 Å². The molecule has 9 aromatic carbocycles. The van der Waals surface area contributed by atoms with Gasteiger partial charge in [-0.05, 0) is 73.5 Å². The molecule has 11 rings (SSSR count). The Bertz CT molecular complexity index is 3180. The fourth-order valence-corrected chi connectivity index (χ4v) is 8.38. The molecule has 0 radical (unpaired) electrons. The van der Waals surface area contributed by atoms with Gasteiger partial charge in [0.05, 0.1) is 22.2 Å². The molecule has 246 valence electrons. The molecule has 11 aromatic rings. The minimum absolute atomic E-state index is 0.661. The van der Waals surface area contributed by atoms with Gasteiger partial charge < -0.3 is 0 Å². The lowest BCUT2D eigenvalue weighted by molar-refractivity contribution is 1.01. The quantitative estimate of drug-likeness (QED) is 0.174. The Labute approximate surface area is 306 Å². The van der Waals surface area contributed by atoms with Crippen LogP contribution in [0.1, 0.15) is 0 Å². The average molecular weight is 674 g/mol. The first-order valence-electron chi connectivity index (χ1n) is 18.1. The van der Waals surface area contributed by atoms with E-state index in [9.17, 15) is 0 Å². The molecule has 3 heteroatoms. The summed E-state index contributed by atoms with van der Waals surface area (Å²) in [5, 5.41) is 11.0. The molecule has 0 saturated carbocycles. The maximum absolute atomic E-state index is 5.41. The van der Waals surface area contributed by atoms with E-state index in [1.54, 1.807) is 0 Å². The number of para-hydroxylation sites is 2. The number of nitrogens with zero attached hydrogens (tertiary/aromatic N) is 3. The van der Waals surface area contributed by atoms with Crippen LogP contribution in [0.2, 0.25) is 0 Å². The van der Waals surface area contributed by atoms with Crippen LogP contribution in [0.5, 0.6) is 0 Å². The lowest BCUT2D eigenvalue weighted by atomic mass is 9.92. The molecule has 3 nitrogen and oxygen atoms in total. The van der Waals surface area contributed by atoms with Gasteiger partial charge in [-0.3, -0.25) is 4.57 Å². The van der Waals surface area contributed by atoms with Crippen LogP contribution in [0.4, 0.5) is 0 Å². The highest BCUT2D eigenvalue weighted by atomic mass is 15.2. The Hall–Kier alpha value is -7.10. The van der Waals surface area contributed by atoms with Crippen LogP contribution in [-0.4, -0.2) is 14.5 Å². The second kappa shape index (κ2) is 11.7. The Balaban J connectivity index is 1.13. The fourth-order valence-electron chi connectivity index (χ4n) is 8.38. The lowest BCUT2D eigenvalue weighted by Gasteiger charge is -2.13. The Morgan fingerprint density at radius 1 is 0.302 bits per heavy atom. The van der Waals surface area contributed by atoms with Crippen molar-refractivity contribution in [3.8, 4) is 39.5 Å². The van der Waals surface area contributed by atoms with Crippen molar-refractivity contribution < 1.29 is 0 Å². The number of benzene rings is 9. The third-order valence-electron chi connectivity index (χ3n) is 10.8. The minimum atomic E-state index is 0.661. The van der Waals surface area contributed by atoms with E-state index in [-0.39, 0.29) is 0 Å². The van der Waals surface area contributed by atoms with E-state index >= 15 is 0 Å². The van der Waals surface area contributed by atoms with Crippen molar-refractivity contribution in [2.24, 2.45) is 0 Å². The molecule has 0 amide bonds. The topological polar surface area (TPSA) is 30.7 Å². The zero-order chi connectivity index (χ0) is 34.9. The van der Waals surface area contributed by atoms with Crippen molar-refractivity contribution in [2.75, 3.05) is 0 Å². The maximum atomic E-state index is 5.41. The predicted octanol–water partition coefficient (Wildman–Crippen LogP) is 13.2. The van der Waals surface area contributed by atoms with Crippen molar-refractivity contribution in [3.05, 3.63) is 188 Å². The number of hydrogen-bond acceptors (Lipinski definition) is 2. The smallest absolute Gasteiger partial charge is 0.235 e. The van der Waals surface area contributed by atoms with Crippen molar-refractivity contribution in [2.45, 2.75) is 0 Å². The highest BCUT2D eigenvalue weighted by Crippen LogP contribution is 2.43. The first-order chi connectivity index (χ1) is 26.3. The lowest BCUT2D eigenvalue weighted by Crippen LogP contribution is -2.03. The maximum Gasteiger partial charge on any atom is 0.235 e. The molecular formula is C50H31N3. The molecular weight excluding hydrogens is 643 g/mol. The normalized spacial score (nSPS) is 11.8. The van der Waals surface area contributed by atoms with Gasteiger partial charge in [0.25, 0.3) is 0 Å². The largest absolute Gasteiger partial charge is 0.278 e. The summed E-state index contributed by atoms with van der Waals surface area (Å²) in [6.07, 6.45) is 0. The summed E-state index contributed by atoms with van der Waals surface area (Å²) in [6.45, 7) is 0. The third-order valence-corrected chi connectivity index (χ3v) is 10.8. The summed E-state index contributed by atoms with van der Waals surface area (Å²) in [5.74, 6) is 0.661. The van der Waals surface area contributed by atoms with Crippen molar-refractivity contribution in [3.63, 3.8) is 0 Å². The van der Waals surface area contributed by atoms with Crippen molar-refractivity contribution in [1.82, 2.24) is 14.5 Å². The molecule has 0 aliphatic carbocycles. The van der Waals surface area contributed by atoms with Gasteiger partial charge in [-0.15, -0.1) is 0 Å². The van der Waals surface area contributed by atoms with E-state index in [0.717, 1.165) is 33.2 Å². The van der Waals surface area contributed by atoms with Gasteiger partial charge in [-0.2, -0.15) is 0 Å². The Kier molecular flexibility index (Phi) is 6.55. The first kappa shape index (κ1) is 29.6. The molecule has 0 aliphatic rings. The van der Waals surface area contributed by atoms with E-state index in [1.807, 2.05) is 0 Å². The third kappa shape index (κ3) is 4.61. The zero-order valence-electron chi connectivity index (χ0n) is 28.7. The summed E-state index contributed by atoms with van der Waals surface area (Å²) in [5.41, 5.74) is 9.83.